The molecule has 0 aliphatic heterocycles. The summed E-state index contributed by atoms with van der Waals surface area (Å²) in [5.74, 6) is -4.17. The van der Waals surface area contributed by atoms with Crippen LogP contribution in [0, 0.1) is 11.3 Å². The predicted molar refractivity (Wildman–Crippen MR) is 115 cm³/mol. The zero-order valence-corrected chi connectivity index (χ0v) is 18.3. The molecule has 2 rings (SSSR count). The summed E-state index contributed by atoms with van der Waals surface area (Å²) in [5, 5.41) is 27.9. The molecule has 0 radical (unpaired) electrons. The number of esters is 1. The second kappa shape index (κ2) is 10.9. The average molecular weight is 459 g/mol. The summed E-state index contributed by atoms with van der Waals surface area (Å²) < 4.78 is 10.7. The van der Waals surface area contributed by atoms with Crippen molar-refractivity contribution in [3.8, 4) is 5.75 Å². The summed E-state index contributed by atoms with van der Waals surface area (Å²) in [6.07, 6.45) is -0.693. The van der Waals surface area contributed by atoms with Gasteiger partial charge in [-0.05, 0) is 36.4 Å². The van der Waals surface area contributed by atoms with E-state index in [1.165, 1.54) is 19.1 Å². The molecule has 0 bridgehead atoms. The fourth-order valence-corrected chi connectivity index (χ4v) is 2.78. The van der Waals surface area contributed by atoms with Gasteiger partial charge < -0.3 is 29.6 Å². The molecule has 1 aromatic carbocycles. The first-order valence-corrected chi connectivity index (χ1v) is 9.90. The number of carbonyl (C=O) groups is 4. The van der Waals surface area contributed by atoms with Gasteiger partial charge in [-0.15, -0.1) is 0 Å². The van der Waals surface area contributed by atoms with E-state index in [-0.39, 0.29) is 17.9 Å². The van der Waals surface area contributed by atoms with Gasteiger partial charge in [0.1, 0.15) is 23.4 Å². The van der Waals surface area contributed by atoms with Gasteiger partial charge in [-0.25, -0.2) is 9.59 Å². The smallest absolute Gasteiger partial charge is 0.379 e. The van der Waals surface area contributed by atoms with Crippen molar-refractivity contribution in [1.82, 2.24) is 10.2 Å². The van der Waals surface area contributed by atoms with Crippen LogP contribution >= 0.6 is 0 Å². The van der Waals surface area contributed by atoms with Crippen LogP contribution < -0.4 is 10.1 Å². The van der Waals surface area contributed by atoms with Gasteiger partial charge in [0.15, 0.2) is 0 Å². The number of hydrogen-bond donors (Lipinski definition) is 4. The molecular formula is C22H25N3O8. The standard InChI is InChI=1S/C22H25N3O8/c1-12(20(28)24-16(21(29)30)11-18(26)27)10-15-8-9-17(32-15)22(31)33-14-6-4-13(5-7-14)19(23)25(2)3/h4-9,12,16,23H,10-11H2,1-3H3,(H,24,28)(H,26,27)(H,29,30)/t12-,16-/m1/s1. The minimum atomic E-state index is -1.55. The van der Waals surface area contributed by atoms with Crippen molar-refractivity contribution in [3.05, 3.63) is 53.5 Å². The van der Waals surface area contributed by atoms with Gasteiger partial charge in [-0.2, -0.15) is 0 Å². The number of furan rings is 1. The molecule has 0 unspecified atom stereocenters. The molecule has 1 amide bonds. The molecule has 2 aromatic rings. The Bertz CT molecular complexity index is 1040. The Hall–Kier alpha value is -4.15. The van der Waals surface area contributed by atoms with E-state index >= 15 is 0 Å². The molecule has 1 aromatic heterocycles. The molecule has 4 N–H and O–H groups in total. The maximum absolute atomic E-state index is 12.3. The maximum atomic E-state index is 12.3. The summed E-state index contributed by atoms with van der Waals surface area (Å²) in [4.78, 5) is 48.0. The van der Waals surface area contributed by atoms with Crippen LogP contribution in [0.5, 0.6) is 5.75 Å². The number of rotatable bonds is 10. The zero-order valence-electron chi connectivity index (χ0n) is 18.3. The fourth-order valence-electron chi connectivity index (χ4n) is 2.78. The molecule has 0 saturated heterocycles. The third-order valence-electron chi connectivity index (χ3n) is 4.60. The van der Waals surface area contributed by atoms with E-state index in [4.69, 9.17) is 24.8 Å². The first-order valence-electron chi connectivity index (χ1n) is 9.90. The third-order valence-corrected chi connectivity index (χ3v) is 4.60. The average Bonchev–Trinajstić information content (AvgIpc) is 3.21. The van der Waals surface area contributed by atoms with E-state index in [0.717, 1.165) is 0 Å². The number of ether oxygens (including phenoxy) is 1. The van der Waals surface area contributed by atoms with Crippen molar-refractivity contribution >= 4 is 29.7 Å². The second-order valence-electron chi connectivity index (χ2n) is 7.53. The Morgan fingerprint density at radius 2 is 1.73 bits per heavy atom. The van der Waals surface area contributed by atoms with Crippen molar-refractivity contribution < 1.29 is 38.5 Å². The molecule has 2 atom stereocenters. The van der Waals surface area contributed by atoms with E-state index in [1.54, 1.807) is 43.3 Å². The van der Waals surface area contributed by atoms with Gasteiger partial charge >= 0.3 is 17.9 Å². The topological polar surface area (TPSA) is 170 Å². The van der Waals surface area contributed by atoms with E-state index in [1.807, 2.05) is 0 Å². The number of amides is 1. The predicted octanol–water partition coefficient (Wildman–Crippen LogP) is 1.61. The lowest BCUT2D eigenvalue weighted by atomic mass is 10.0. The molecule has 0 aliphatic carbocycles. The number of amidine groups is 1. The molecule has 0 fully saturated rings. The Labute approximate surface area is 189 Å². The van der Waals surface area contributed by atoms with Crippen molar-refractivity contribution in [2.75, 3.05) is 14.1 Å². The van der Waals surface area contributed by atoms with Crippen LogP contribution in [0.25, 0.3) is 0 Å². The van der Waals surface area contributed by atoms with Gasteiger partial charge in [0.25, 0.3) is 0 Å². The van der Waals surface area contributed by atoms with E-state index in [2.05, 4.69) is 5.32 Å². The number of carboxylic acids is 2. The molecule has 0 aliphatic rings. The second-order valence-corrected chi connectivity index (χ2v) is 7.53. The highest BCUT2D eigenvalue weighted by atomic mass is 16.5. The summed E-state index contributed by atoms with van der Waals surface area (Å²) in [6.45, 7) is 1.52. The highest BCUT2D eigenvalue weighted by Crippen LogP contribution is 2.18. The molecule has 0 spiro atoms. The molecular weight excluding hydrogens is 434 g/mol. The molecule has 176 valence electrons. The Balaban J connectivity index is 1.96. The number of aliphatic carboxylic acids is 2. The fraction of sp³-hybridized carbons (Fsp3) is 0.318. The van der Waals surface area contributed by atoms with Crippen LogP contribution in [0.1, 0.15) is 35.2 Å². The van der Waals surface area contributed by atoms with Crippen LogP contribution in [0.2, 0.25) is 0 Å². The quantitative estimate of drug-likeness (QED) is 0.178. The minimum absolute atomic E-state index is 0.0554. The lowest BCUT2D eigenvalue weighted by Crippen LogP contribution is -2.44. The van der Waals surface area contributed by atoms with E-state index in [9.17, 15) is 19.2 Å². The van der Waals surface area contributed by atoms with Crippen LogP contribution in [-0.2, 0) is 20.8 Å². The highest BCUT2D eigenvalue weighted by Gasteiger charge is 2.26. The number of carbonyl (C=O) groups excluding carboxylic acids is 2. The number of carboxylic acid groups (broad SMARTS) is 2. The summed E-state index contributed by atoms with van der Waals surface area (Å²) in [7, 11) is 3.49. The molecule has 11 nitrogen and oxygen atoms in total. The lowest BCUT2D eigenvalue weighted by Gasteiger charge is -2.15. The molecule has 33 heavy (non-hydrogen) atoms. The van der Waals surface area contributed by atoms with Crippen LogP contribution in [0.3, 0.4) is 0 Å². The van der Waals surface area contributed by atoms with Crippen LogP contribution in [0.4, 0.5) is 0 Å². The zero-order chi connectivity index (χ0) is 24.7. The number of nitrogens with one attached hydrogen (secondary N) is 2. The van der Waals surface area contributed by atoms with Gasteiger partial charge in [0, 0.05) is 32.0 Å². The number of hydrogen-bond acceptors (Lipinski definition) is 7. The Kier molecular flexibility index (Phi) is 8.32. The highest BCUT2D eigenvalue weighted by molar-refractivity contribution is 5.96. The molecule has 1 heterocycles. The van der Waals surface area contributed by atoms with Crippen molar-refractivity contribution in [2.45, 2.75) is 25.8 Å². The third kappa shape index (κ3) is 7.20. The molecule has 0 saturated carbocycles. The number of benzene rings is 1. The van der Waals surface area contributed by atoms with E-state index < -0.39 is 42.2 Å². The van der Waals surface area contributed by atoms with Gasteiger partial charge in [0.05, 0.1) is 6.42 Å². The monoisotopic (exact) mass is 459 g/mol. The first-order chi connectivity index (χ1) is 15.5. The Morgan fingerprint density at radius 1 is 1.09 bits per heavy atom. The summed E-state index contributed by atoms with van der Waals surface area (Å²) >= 11 is 0. The maximum Gasteiger partial charge on any atom is 0.379 e. The first kappa shape index (κ1) is 25.1. The van der Waals surface area contributed by atoms with Gasteiger partial charge in [0.2, 0.25) is 11.7 Å². The normalized spacial score (nSPS) is 12.3. The number of nitrogens with zero attached hydrogens (tertiary/aromatic N) is 1. The van der Waals surface area contributed by atoms with Crippen molar-refractivity contribution in [3.63, 3.8) is 0 Å². The molecule has 11 heteroatoms. The lowest BCUT2D eigenvalue weighted by molar-refractivity contribution is -0.147. The Morgan fingerprint density at radius 3 is 2.27 bits per heavy atom. The van der Waals surface area contributed by atoms with E-state index in [0.29, 0.717) is 17.2 Å². The summed E-state index contributed by atoms with van der Waals surface area (Å²) in [6, 6.07) is 7.74. The van der Waals surface area contributed by atoms with Gasteiger partial charge in [-0.1, -0.05) is 6.92 Å². The largest absolute Gasteiger partial charge is 0.481 e. The van der Waals surface area contributed by atoms with Crippen molar-refractivity contribution in [2.24, 2.45) is 5.92 Å². The minimum Gasteiger partial charge on any atom is -0.481 e. The summed E-state index contributed by atoms with van der Waals surface area (Å²) in [5.41, 5.74) is 0.654. The van der Waals surface area contributed by atoms with Gasteiger partial charge in [-0.3, -0.25) is 15.0 Å². The van der Waals surface area contributed by atoms with Crippen LogP contribution in [0.15, 0.2) is 40.8 Å². The van der Waals surface area contributed by atoms with Crippen LogP contribution in [-0.4, -0.2) is 64.9 Å². The van der Waals surface area contributed by atoms with Crippen molar-refractivity contribution in [1.29, 1.82) is 5.41 Å². The SMILES string of the molecule is C[C@H](Cc1ccc(C(=O)Oc2ccc(C(=N)N(C)C)cc2)o1)C(=O)N[C@H](CC(=O)O)C(=O)O.